The van der Waals surface area contributed by atoms with Crippen molar-refractivity contribution in [2.24, 2.45) is 4.99 Å². The molecular weight excluding hydrogens is 188 g/mol. The summed E-state index contributed by atoms with van der Waals surface area (Å²) in [6.07, 6.45) is 2.13. The van der Waals surface area contributed by atoms with E-state index in [1.807, 2.05) is 0 Å². The summed E-state index contributed by atoms with van der Waals surface area (Å²) >= 11 is 0. The van der Waals surface area contributed by atoms with Gasteiger partial charge in [-0.3, -0.25) is 9.89 Å². The van der Waals surface area contributed by atoms with Crippen molar-refractivity contribution in [2.75, 3.05) is 20.8 Å². The Hall–Kier alpha value is -1.85. The van der Waals surface area contributed by atoms with Gasteiger partial charge in [0, 0.05) is 6.21 Å². The topological polar surface area (TPSA) is 68.2 Å². The highest BCUT2D eigenvalue weighted by Gasteiger charge is 2.25. The first-order valence-electron chi connectivity index (χ1n) is 3.86. The van der Waals surface area contributed by atoms with Gasteiger partial charge in [-0.25, -0.2) is 9.59 Å². The standard InChI is InChI=1S/C8H10N2O4/c1-13-7(11)6-5-9-3-4-10(6)8(12)14-2/h3,5H,4H2,1-2H3. The number of hydrogen-bond acceptors (Lipinski definition) is 5. The molecule has 0 fully saturated rings. The molecule has 0 saturated carbocycles. The average Bonchev–Trinajstić information content (AvgIpc) is 2.27. The Bertz CT molecular complexity index is 308. The first kappa shape index (κ1) is 10.2. The maximum Gasteiger partial charge on any atom is 0.414 e. The molecule has 0 bridgehead atoms. The van der Waals surface area contributed by atoms with Crippen LogP contribution in [0, 0.1) is 0 Å². The van der Waals surface area contributed by atoms with Gasteiger partial charge >= 0.3 is 12.1 Å². The second-order valence-electron chi connectivity index (χ2n) is 2.42. The fraction of sp³-hybridized carbons (Fsp3) is 0.375. The number of aliphatic imine (C=N–C) groups is 1. The van der Waals surface area contributed by atoms with Crippen molar-refractivity contribution in [1.82, 2.24) is 4.90 Å². The molecule has 1 aliphatic rings. The second kappa shape index (κ2) is 4.40. The molecule has 0 atom stereocenters. The van der Waals surface area contributed by atoms with Gasteiger partial charge in [0.1, 0.15) is 0 Å². The maximum absolute atomic E-state index is 11.2. The molecule has 0 aromatic carbocycles. The van der Waals surface area contributed by atoms with Crippen molar-refractivity contribution in [3.05, 3.63) is 11.9 Å². The molecule has 0 N–H and O–H groups in total. The van der Waals surface area contributed by atoms with Crippen molar-refractivity contribution in [1.29, 1.82) is 0 Å². The van der Waals surface area contributed by atoms with E-state index in [1.54, 1.807) is 0 Å². The van der Waals surface area contributed by atoms with E-state index < -0.39 is 12.1 Å². The van der Waals surface area contributed by atoms with Crippen LogP contribution >= 0.6 is 0 Å². The van der Waals surface area contributed by atoms with E-state index in [0.29, 0.717) is 0 Å². The number of ether oxygens (including phenoxy) is 2. The third-order valence-electron chi connectivity index (χ3n) is 1.65. The van der Waals surface area contributed by atoms with E-state index in [2.05, 4.69) is 14.5 Å². The lowest BCUT2D eigenvalue weighted by molar-refractivity contribution is -0.137. The van der Waals surface area contributed by atoms with Crippen LogP contribution in [0.3, 0.4) is 0 Å². The Morgan fingerprint density at radius 2 is 2.14 bits per heavy atom. The highest BCUT2D eigenvalue weighted by molar-refractivity contribution is 5.94. The second-order valence-corrected chi connectivity index (χ2v) is 2.42. The zero-order valence-electron chi connectivity index (χ0n) is 7.89. The van der Waals surface area contributed by atoms with E-state index in [0.717, 1.165) is 4.90 Å². The molecule has 1 heterocycles. The van der Waals surface area contributed by atoms with Crippen LogP contribution in [0.4, 0.5) is 4.79 Å². The van der Waals surface area contributed by atoms with Gasteiger partial charge in [0.2, 0.25) is 0 Å². The Kier molecular flexibility index (Phi) is 3.22. The SMILES string of the molecule is COC(=O)C1=CN=CCN1C(=O)OC. The zero-order valence-corrected chi connectivity index (χ0v) is 7.89. The Morgan fingerprint density at radius 3 is 2.71 bits per heavy atom. The Balaban J connectivity index is 2.87. The molecule has 0 aromatic rings. The fourth-order valence-electron chi connectivity index (χ4n) is 0.971. The number of rotatable bonds is 1. The lowest BCUT2D eigenvalue weighted by atomic mass is 10.3. The van der Waals surface area contributed by atoms with Gasteiger partial charge in [0.15, 0.2) is 5.70 Å². The highest BCUT2D eigenvalue weighted by Crippen LogP contribution is 2.10. The summed E-state index contributed by atoms with van der Waals surface area (Å²) in [4.78, 5) is 27.3. The van der Waals surface area contributed by atoms with Crippen LogP contribution in [-0.4, -0.2) is 43.9 Å². The number of amides is 1. The van der Waals surface area contributed by atoms with E-state index in [1.165, 1.54) is 26.6 Å². The minimum Gasteiger partial charge on any atom is -0.464 e. The summed E-state index contributed by atoms with van der Waals surface area (Å²) in [7, 11) is 2.47. The predicted octanol–water partition coefficient (Wildman–Crippen LogP) is 0.154. The molecule has 6 heteroatoms. The summed E-state index contributed by atoms with van der Waals surface area (Å²) in [5.41, 5.74) is 0.0712. The molecule has 14 heavy (non-hydrogen) atoms. The average molecular weight is 198 g/mol. The summed E-state index contributed by atoms with van der Waals surface area (Å²) in [5.74, 6) is -0.618. The van der Waals surface area contributed by atoms with Crippen molar-refractivity contribution in [3.8, 4) is 0 Å². The molecule has 0 spiro atoms. The lowest BCUT2D eigenvalue weighted by Gasteiger charge is -2.21. The highest BCUT2D eigenvalue weighted by atomic mass is 16.5. The molecule has 0 aliphatic carbocycles. The normalized spacial score (nSPS) is 14.7. The number of esters is 1. The van der Waals surface area contributed by atoms with Gasteiger partial charge in [-0.05, 0) is 0 Å². The van der Waals surface area contributed by atoms with Crippen LogP contribution < -0.4 is 0 Å². The molecule has 1 rings (SSSR count). The summed E-state index contributed by atoms with van der Waals surface area (Å²) in [6, 6.07) is 0. The molecule has 0 aromatic heterocycles. The van der Waals surface area contributed by atoms with Gasteiger partial charge in [-0.1, -0.05) is 0 Å². The van der Waals surface area contributed by atoms with Crippen LogP contribution in [-0.2, 0) is 14.3 Å². The van der Waals surface area contributed by atoms with Crippen molar-refractivity contribution >= 4 is 18.3 Å². The monoisotopic (exact) mass is 198 g/mol. The summed E-state index contributed by atoms with van der Waals surface area (Å²) in [5, 5.41) is 0. The minimum absolute atomic E-state index is 0.0712. The van der Waals surface area contributed by atoms with Gasteiger partial charge in [-0.15, -0.1) is 0 Å². The Labute approximate surface area is 80.8 Å². The molecule has 0 radical (unpaired) electrons. The number of carbonyl (C=O) groups is 2. The number of nitrogens with zero attached hydrogens (tertiary/aromatic N) is 2. The fourth-order valence-corrected chi connectivity index (χ4v) is 0.971. The van der Waals surface area contributed by atoms with Crippen LogP contribution in [0.2, 0.25) is 0 Å². The quantitative estimate of drug-likeness (QED) is 0.562. The van der Waals surface area contributed by atoms with Crippen LogP contribution in [0.25, 0.3) is 0 Å². The first-order chi connectivity index (χ1) is 6.70. The first-order valence-corrected chi connectivity index (χ1v) is 3.86. The van der Waals surface area contributed by atoms with Gasteiger partial charge in [0.25, 0.3) is 0 Å². The zero-order chi connectivity index (χ0) is 10.6. The van der Waals surface area contributed by atoms with Gasteiger partial charge in [0.05, 0.1) is 27.0 Å². The summed E-state index contributed by atoms with van der Waals surface area (Å²) in [6.45, 7) is 0.202. The number of carbonyl (C=O) groups excluding carboxylic acids is 2. The smallest absolute Gasteiger partial charge is 0.414 e. The van der Waals surface area contributed by atoms with Crippen molar-refractivity contribution in [2.45, 2.75) is 0 Å². The minimum atomic E-state index is -0.618. The van der Waals surface area contributed by atoms with Crippen molar-refractivity contribution < 1.29 is 19.1 Å². The van der Waals surface area contributed by atoms with Crippen LogP contribution in [0.5, 0.6) is 0 Å². The van der Waals surface area contributed by atoms with E-state index >= 15 is 0 Å². The largest absolute Gasteiger partial charge is 0.464 e. The number of methoxy groups -OCH3 is 2. The molecular formula is C8H10N2O4. The lowest BCUT2D eigenvalue weighted by Crippen LogP contribution is -2.36. The van der Waals surface area contributed by atoms with Crippen molar-refractivity contribution in [3.63, 3.8) is 0 Å². The molecule has 1 aliphatic heterocycles. The van der Waals surface area contributed by atoms with E-state index in [4.69, 9.17) is 0 Å². The van der Waals surface area contributed by atoms with Crippen LogP contribution in [0.1, 0.15) is 0 Å². The molecule has 76 valence electrons. The van der Waals surface area contributed by atoms with Gasteiger partial charge < -0.3 is 9.47 Å². The third-order valence-corrected chi connectivity index (χ3v) is 1.65. The Morgan fingerprint density at radius 1 is 1.43 bits per heavy atom. The van der Waals surface area contributed by atoms with Gasteiger partial charge in [-0.2, -0.15) is 0 Å². The van der Waals surface area contributed by atoms with Crippen LogP contribution in [0.15, 0.2) is 16.9 Å². The molecule has 0 unspecified atom stereocenters. The molecule has 6 nitrogen and oxygen atoms in total. The van der Waals surface area contributed by atoms with E-state index in [9.17, 15) is 9.59 Å². The molecule has 1 amide bonds. The third kappa shape index (κ3) is 1.90. The summed E-state index contributed by atoms with van der Waals surface area (Å²) < 4.78 is 8.98. The predicted molar refractivity (Wildman–Crippen MR) is 47.7 cm³/mol. The maximum atomic E-state index is 11.2. The molecule has 0 saturated heterocycles. The number of hydrogen-bond donors (Lipinski definition) is 0. The van der Waals surface area contributed by atoms with E-state index in [-0.39, 0.29) is 12.2 Å².